The van der Waals surface area contributed by atoms with Crippen LogP contribution in [0.15, 0.2) is 55.9 Å². The predicted octanol–water partition coefficient (Wildman–Crippen LogP) is -0.0794. The first-order valence-electron chi connectivity index (χ1n) is 10.4. The minimum absolute atomic E-state index is 0.121. The number of aromatic nitrogens is 4. The van der Waals surface area contributed by atoms with Crippen molar-refractivity contribution >= 4 is 21.9 Å². The third kappa shape index (κ3) is 5.99. The van der Waals surface area contributed by atoms with Gasteiger partial charge in [0.1, 0.15) is 0 Å². The fourth-order valence-corrected chi connectivity index (χ4v) is 4.90. The van der Waals surface area contributed by atoms with Crippen LogP contribution in [0.5, 0.6) is 0 Å². The molecule has 15 heteroatoms. The molecular formula is C20H22N4O9PSe-. The molecule has 2 aliphatic rings. The number of H-pyrrole nitrogens is 2. The van der Waals surface area contributed by atoms with Crippen molar-refractivity contribution in [2.45, 2.75) is 38.5 Å². The Hall–Kier alpha value is -2.57. The summed E-state index contributed by atoms with van der Waals surface area (Å²) in [6, 6.07) is 0. The normalized spacial score (nSPS) is 23.9. The molecule has 0 spiro atoms. The molecule has 0 aromatic carbocycles. The van der Waals surface area contributed by atoms with Gasteiger partial charge in [0.25, 0.3) is 0 Å². The zero-order chi connectivity index (χ0) is 25.3. The Morgan fingerprint density at radius 3 is 1.63 bits per heavy atom. The van der Waals surface area contributed by atoms with Gasteiger partial charge in [-0.1, -0.05) is 0 Å². The Balaban J connectivity index is 1.26. The van der Waals surface area contributed by atoms with Crippen LogP contribution in [0.25, 0.3) is 0 Å². The Morgan fingerprint density at radius 2 is 1.23 bits per heavy atom. The molecule has 0 saturated heterocycles. The number of hydrogen-bond donors (Lipinski definition) is 2. The summed E-state index contributed by atoms with van der Waals surface area (Å²) in [5, 5.41) is 0. The van der Waals surface area contributed by atoms with Crippen molar-refractivity contribution in [2.24, 2.45) is 0 Å². The van der Waals surface area contributed by atoms with E-state index < -0.39 is 53.4 Å². The first-order chi connectivity index (χ1) is 16.5. The number of nitrogens with one attached hydrogen (secondary N) is 2. The fourth-order valence-electron chi connectivity index (χ4n) is 3.40. The number of aryl methyl sites for hydroxylation is 2. The molecule has 0 aliphatic carbocycles. The van der Waals surface area contributed by atoms with E-state index in [1.165, 1.54) is 21.5 Å². The van der Waals surface area contributed by atoms with Crippen LogP contribution in [-0.4, -0.2) is 60.1 Å². The average Bonchev–Trinajstić information content (AvgIpc) is 3.46. The second-order valence-electron chi connectivity index (χ2n) is 7.90. The van der Waals surface area contributed by atoms with E-state index in [4.69, 9.17) is 18.5 Å². The molecule has 0 amide bonds. The molecule has 4 heterocycles. The molecule has 35 heavy (non-hydrogen) atoms. The molecule has 4 rings (SSSR count). The number of hydrogen-bond acceptors (Lipinski definition) is 9. The summed E-state index contributed by atoms with van der Waals surface area (Å²) in [5.74, 6) is 0. The molecule has 13 nitrogen and oxygen atoms in total. The summed E-state index contributed by atoms with van der Waals surface area (Å²) in [7, 11) is 0. The van der Waals surface area contributed by atoms with Crippen molar-refractivity contribution in [3.05, 3.63) is 89.5 Å². The minimum atomic E-state index is -3.61. The van der Waals surface area contributed by atoms with Crippen molar-refractivity contribution in [2.75, 3.05) is 13.2 Å². The van der Waals surface area contributed by atoms with Crippen LogP contribution in [0.4, 0.5) is 0 Å². The maximum atomic E-state index is 12.7. The van der Waals surface area contributed by atoms with Crippen LogP contribution in [0.3, 0.4) is 0 Å². The van der Waals surface area contributed by atoms with Gasteiger partial charge in [-0.05, 0) is 0 Å². The molecule has 0 radical (unpaired) electrons. The summed E-state index contributed by atoms with van der Waals surface area (Å²) in [4.78, 5) is 51.5. The monoisotopic (exact) mass is 573 g/mol. The van der Waals surface area contributed by atoms with Gasteiger partial charge >= 0.3 is 205 Å². The van der Waals surface area contributed by atoms with E-state index >= 15 is 0 Å². The Morgan fingerprint density at radius 1 is 0.829 bits per heavy atom. The average molecular weight is 572 g/mol. The van der Waals surface area contributed by atoms with Gasteiger partial charge in [-0.2, -0.15) is 0 Å². The van der Waals surface area contributed by atoms with Crippen LogP contribution in [0.1, 0.15) is 23.6 Å². The standard InChI is InChI=1S/C20H23N4O9PSe/c1-11-7-23(19(27)21-17(11)25)15-5-3-13(32-15)9-30-34(29,35)31-10-14-4-6-16(33-14)24-8-12(2)18(26)22-20(24)28/h3-8,13-16H,9-10H2,1-2H3,(H,29,35)(H,21,25,27)(H,22,26,28)/p-1/t13-,14-,15+,16+/m0/s1. The Bertz CT molecular complexity index is 1350. The van der Waals surface area contributed by atoms with Gasteiger partial charge in [0.05, 0.1) is 0 Å². The van der Waals surface area contributed by atoms with E-state index in [1.54, 1.807) is 38.2 Å². The maximum absolute atomic E-state index is 12.7. The first-order valence-corrected chi connectivity index (χ1v) is 14.2. The van der Waals surface area contributed by atoms with Crippen molar-refractivity contribution in [3.63, 3.8) is 0 Å². The number of rotatable bonds is 8. The zero-order valence-corrected chi connectivity index (χ0v) is 21.2. The SMILES string of the molecule is Cc1cn([C@H]2C=C[C@@H](COP(=O)([Se-])OC[C@@H]3C=C[C@H](n4cc(C)c(=O)[nH]c4=O)O3)O2)c(=O)[nH]c1=O. The summed E-state index contributed by atoms with van der Waals surface area (Å²) >= 11 is 2.39. The van der Waals surface area contributed by atoms with Gasteiger partial charge in [-0.25, -0.2) is 0 Å². The van der Waals surface area contributed by atoms with E-state index in [0.29, 0.717) is 11.1 Å². The predicted molar refractivity (Wildman–Crippen MR) is 123 cm³/mol. The number of aromatic amines is 2. The second-order valence-corrected chi connectivity index (χ2v) is 12.1. The van der Waals surface area contributed by atoms with Gasteiger partial charge in [-0.3, -0.25) is 0 Å². The van der Waals surface area contributed by atoms with Crippen LogP contribution in [-0.2, 0) is 23.1 Å². The summed E-state index contributed by atoms with van der Waals surface area (Å²) in [6.45, 7) is 2.90. The molecule has 2 N–H and O–H groups in total. The van der Waals surface area contributed by atoms with Crippen LogP contribution < -0.4 is 22.5 Å². The van der Waals surface area contributed by atoms with E-state index in [-0.39, 0.29) is 13.2 Å². The van der Waals surface area contributed by atoms with Crippen molar-refractivity contribution in [1.29, 1.82) is 0 Å². The molecule has 188 valence electrons. The van der Waals surface area contributed by atoms with Crippen molar-refractivity contribution < 1.29 is 23.1 Å². The molecular weight excluding hydrogens is 550 g/mol. The van der Waals surface area contributed by atoms with Gasteiger partial charge in [0.2, 0.25) is 0 Å². The summed E-state index contributed by atoms with van der Waals surface area (Å²) in [5.41, 5.74) is -1.46. The quantitative estimate of drug-likeness (QED) is 0.250. The van der Waals surface area contributed by atoms with E-state index in [9.17, 15) is 23.7 Å². The van der Waals surface area contributed by atoms with Gasteiger partial charge in [-0.15, -0.1) is 0 Å². The molecule has 2 aromatic rings. The third-order valence-electron chi connectivity index (χ3n) is 5.24. The number of nitrogens with zero attached hydrogens (tertiary/aromatic N) is 2. The molecule has 0 bridgehead atoms. The fraction of sp³-hybridized carbons (Fsp3) is 0.400. The van der Waals surface area contributed by atoms with Crippen LogP contribution in [0.2, 0.25) is 0 Å². The topological polar surface area (TPSA) is 164 Å². The van der Waals surface area contributed by atoms with Crippen LogP contribution in [0, 0.1) is 13.8 Å². The molecule has 0 unspecified atom stereocenters. The Kier molecular flexibility index (Phi) is 7.43. The Labute approximate surface area is 205 Å². The second kappa shape index (κ2) is 10.2. The third-order valence-corrected chi connectivity index (χ3v) is 7.50. The molecule has 2 aliphatic heterocycles. The summed E-state index contributed by atoms with van der Waals surface area (Å²) in [6.07, 6.45) is 3.01. The van der Waals surface area contributed by atoms with Crippen molar-refractivity contribution in [1.82, 2.24) is 19.1 Å². The number of ether oxygens (including phenoxy) is 2. The van der Waals surface area contributed by atoms with E-state index in [1.807, 2.05) is 0 Å². The summed E-state index contributed by atoms with van der Waals surface area (Å²) < 4.78 is 37.3. The van der Waals surface area contributed by atoms with Gasteiger partial charge in [0.15, 0.2) is 0 Å². The van der Waals surface area contributed by atoms with Crippen LogP contribution >= 0.6 is 6.29 Å². The van der Waals surface area contributed by atoms with Gasteiger partial charge in [0, 0.05) is 0 Å². The molecule has 0 saturated carbocycles. The van der Waals surface area contributed by atoms with Gasteiger partial charge < -0.3 is 0 Å². The zero-order valence-electron chi connectivity index (χ0n) is 18.6. The molecule has 4 atom stereocenters. The van der Waals surface area contributed by atoms with E-state index in [0.717, 1.165) is 0 Å². The van der Waals surface area contributed by atoms with Crippen molar-refractivity contribution in [3.8, 4) is 0 Å². The molecule has 2 aromatic heterocycles. The first kappa shape index (κ1) is 25.5. The molecule has 0 fully saturated rings. The van der Waals surface area contributed by atoms with E-state index in [2.05, 4.69) is 25.5 Å².